The van der Waals surface area contributed by atoms with Crippen molar-refractivity contribution in [2.24, 2.45) is 5.73 Å². The van der Waals surface area contributed by atoms with E-state index in [1.165, 1.54) is 0 Å². The number of carbonyl (C=O) groups excluding carboxylic acids is 1. The lowest BCUT2D eigenvalue weighted by Crippen LogP contribution is -2.33. The van der Waals surface area contributed by atoms with Crippen molar-refractivity contribution >= 4 is 29.9 Å². The second-order valence-corrected chi connectivity index (χ2v) is 7.46. The molecule has 1 fully saturated rings. The monoisotopic (exact) mass is 431 g/mol. The summed E-state index contributed by atoms with van der Waals surface area (Å²) in [5, 5.41) is 9.02. The molecule has 6 nitrogen and oxygen atoms in total. The van der Waals surface area contributed by atoms with Gasteiger partial charge >= 0.3 is 0 Å². The molecule has 0 aliphatic carbocycles. The smallest absolute Gasteiger partial charge is 0.276 e. The molecule has 29 heavy (non-hydrogen) atoms. The molecule has 8 heteroatoms. The van der Waals surface area contributed by atoms with Gasteiger partial charge in [0.2, 0.25) is 0 Å². The number of aromatic nitrogens is 3. The van der Waals surface area contributed by atoms with Crippen molar-refractivity contribution in [1.29, 1.82) is 0 Å². The summed E-state index contributed by atoms with van der Waals surface area (Å²) in [6, 6.07) is 17.4. The van der Waals surface area contributed by atoms with Crippen LogP contribution in [0.25, 0.3) is 5.69 Å². The lowest BCUT2D eigenvalue weighted by atomic mass is 9.95. The molecule has 3 aromatic rings. The number of benzene rings is 2. The normalized spacial score (nSPS) is 18.5. The summed E-state index contributed by atoms with van der Waals surface area (Å²) in [4.78, 5) is 15.0. The quantitative estimate of drug-likeness (QED) is 0.685. The molecule has 0 bridgehead atoms. The highest BCUT2D eigenvalue weighted by molar-refractivity contribution is 6.30. The molecule has 2 N–H and O–H groups in total. The van der Waals surface area contributed by atoms with Gasteiger partial charge in [-0.2, -0.15) is 0 Å². The van der Waals surface area contributed by atoms with E-state index >= 15 is 0 Å². The minimum absolute atomic E-state index is 0. The summed E-state index contributed by atoms with van der Waals surface area (Å²) in [5.74, 6) is -0.00258. The Bertz CT molecular complexity index is 992. The number of hydrogen-bond donors (Lipinski definition) is 1. The van der Waals surface area contributed by atoms with E-state index < -0.39 is 0 Å². The summed E-state index contributed by atoms with van der Waals surface area (Å²) < 4.78 is 1.68. The fourth-order valence-electron chi connectivity index (χ4n) is 3.80. The van der Waals surface area contributed by atoms with Crippen LogP contribution in [0.2, 0.25) is 5.02 Å². The summed E-state index contributed by atoms with van der Waals surface area (Å²) in [7, 11) is 0. The Morgan fingerprint density at radius 2 is 1.93 bits per heavy atom. The zero-order valence-corrected chi connectivity index (χ0v) is 17.6. The van der Waals surface area contributed by atoms with Crippen LogP contribution in [0, 0.1) is 0 Å². The second kappa shape index (κ2) is 8.95. The number of hydrogen-bond acceptors (Lipinski definition) is 4. The molecular formula is C21H23Cl2N5O. The van der Waals surface area contributed by atoms with Crippen LogP contribution in [0.1, 0.15) is 34.6 Å². The van der Waals surface area contributed by atoms with Gasteiger partial charge in [0, 0.05) is 30.1 Å². The van der Waals surface area contributed by atoms with Crippen molar-refractivity contribution in [3.8, 4) is 5.69 Å². The highest BCUT2D eigenvalue weighted by Gasteiger charge is 2.36. The first-order valence-corrected chi connectivity index (χ1v) is 9.76. The molecule has 0 unspecified atom stereocenters. The summed E-state index contributed by atoms with van der Waals surface area (Å²) in [6.07, 6.45) is 0.628. The zero-order valence-electron chi connectivity index (χ0n) is 16.0. The van der Waals surface area contributed by atoms with E-state index in [-0.39, 0.29) is 30.3 Å². The minimum atomic E-state index is -0.126. The highest BCUT2D eigenvalue weighted by atomic mass is 35.5. The van der Waals surface area contributed by atoms with E-state index in [1.54, 1.807) is 21.7 Å². The Morgan fingerprint density at radius 1 is 1.17 bits per heavy atom. The Morgan fingerprint density at radius 3 is 2.62 bits per heavy atom. The van der Waals surface area contributed by atoms with E-state index in [9.17, 15) is 4.79 Å². The number of carbonyl (C=O) groups is 1. The average molecular weight is 432 g/mol. The lowest BCUT2D eigenvalue weighted by molar-refractivity contribution is 0.0782. The van der Waals surface area contributed by atoms with Crippen LogP contribution in [0.3, 0.4) is 0 Å². The van der Waals surface area contributed by atoms with Crippen LogP contribution in [-0.2, 0) is 6.42 Å². The molecule has 1 aliphatic heterocycles. The summed E-state index contributed by atoms with van der Waals surface area (Å²) in [6.45, 7) is 3.07. The molecule has 1 aliphatic rings. The van der Waals surface area contributed by atoms with E-state index in [2.05, 4.69) is 22.4 Å². The van der Waals surface area contributed by atoms with Gasteiger partial charge < -0.3 is 10.6 Å². The maximum atomic E-state index is 13.2. The van der Waals surface area contributed by atoms with Crippen molar-refractivity contribution in [3.63, 3.8) is 0 Å². The molecule has 1 amide bonds. The predicted molar refractivity (Wildman–Crippen MR) is 116 cm³/mol. The van der Waals surface area contributed by atoms with Crippen LogP contribution in [0.5, 0.6) is 0 Å². The van der Waals surface area contributed by atoms with Crippen molar-refractivity contribution in [3.05, 3.63) is 76.6 Å². The van der Waals surface area contributed by atoms with E-state index in [0.29, 0.717) is 30.2 Å². The Labute approximate surface area is 181 Å². The summed E-state index contributed by atoms with van der Waals surface area (Å²) >= 11 is 6.10. The van der Waals surface area contributed by atoms with Gasteiger partial charge in [0.1, 0.15) is 0 Å². The Balaban J connectivity index is 0.00000240. The maximum Gasteiger partial charge on any atom is 0.276 e. The van der Waals surface area contributed by atoms with Crippen molar-refractivity contribution in [2.75, 3.05) is 13.1 Å². The highest BCUT2D eigenvalue weighted by Crippen LogP contribution is 2.28. The number of nitrogens with two attached hydrogens (primary N) is 1. The lowest BCUT2D eigenvalue weighted by Gasteiger charge is -2.16. The van der Waals surface area contributed by atoms with Gasteiger partial charge in [-0.15, -0.1) is 17.5 Å². The minimum Gasteiger partial charge on any atom is -0.335 e. The van der Waals surface area contributed by atoms with Gasteiger partial charge in [0.05, 0.1) is 11.4 Å². The number of halogens is 2. The van der Waals surface area contributed by atoms with Crippen LogP contribution >= 0.6 is 24.0 Å². The Hall–Kier alpha value is -2.41. The molecule has 2 heterocycles. The third-order valence-electron chi connectivity index (χ3n) is 5.23. The number of rotatable bonds is 4. The van der Waals surface area contributed by atoms with Gasteiger partial charge in [-0.3, -0.25) is 4.79 Å². The predicted octanol–water partition coefficient (Wildman–Crippen LogP) is 3.47. The van der Waals surface area contributed by atoms with Crippen molar-refractivity contribution < 1.29 is 4.79 Å². The third-order valence-corrected chi connectivity index (χ3v) is 5.47. The molecule has 0 spiro atoms. The van der Waals surface area contributed by atoms with Gasteiger partial charge in [-0.1, -0.05) is 60.1 Å². The molecular weight excluding hydrogens is 409 g/mol. The molecule has 2 atom stereocenters. The van der Waals surface area contributed by atoms with Gasteiger partial charge in [0.15, 0.2) is 5.69 Å². The van der Waals surface area contributed by atoms with Crippen LogP contribution in [-0.4, -0.2) is 44.9 Å². The zero-order chi connectivity index (χ0) is 19.7. The SMILES string of the molecule is CCc1c(C(=O)N2C[C@@H](N)[C@H](c3ccccc3)C2)nnn1-c1cccc(Cl)c1.Cl. The van der Waals surface area contributed by atoms with E-state index in [4.69, 9.17) is 17.3 Å². The Kier molecular flexibility index (Phi) is 6.57. The number of nitrogens with zero attached hydrogens (tertiary/aromatic N) is 4. The first-order chi connectivity index (χ1) is 13.6. The van der Waals surface area contributed by atoms with Crippen LogP contribution < -0.4 is 5.73 Å². The standard InChI is InChI=1S/C21H22ClN5O.ClH/c1-2-19-20(24-25-27(19)16-10-6-9-15(22)11-16)21(28)26-12-17(18(23)13-26)14-7-4-3-5-8-14;/h3-11,17-18H,2,12-13,23H2,1H3;1H/t17-,18+;/m0./s1. The largest absolute Gasteiger partial charge is 0.335 e. The van der Waals surface area contributed by atoms with E-state index in [0.717, 1.165) is 16.9 Å². The van der Waals surface area contributed by atoms with Gasteiger partial charge in [-0.25, -0.2) is 4.68 Å². The maximum absolute atomic E-state index is 13.2. The topological polar surface area (TPSA) is 77.0 Å². The van der Waals surface area contributed by atoms with Gasteiger partial charge in [-0.05, 0) is 30.2 Å². The average Bonchev–Trinajstić information content (AvgIpc) is 3.31. The number of likely N-dealkylation sites (tertiary alicyclic amines) is 1. The molecule has 152 valence electrons. The molecule has 0 radical (unpaired) electrons. The van der Waals surface area contributed by atoms with E-state index in [1.807, 2.05) is 37.3 Å². The summed E-state index contributed by atoms with van der Waals surface area (Å²) in [5.41, 5.74) is 9.44. The van der Waals surface area contributed by atoms with Crippen LogP contribution in [0.4, 0.5) is 0 Å². The van der Waals surface area contributed by atoms with Crippen molar-refractivity contribution in [1.82, 2.24) is 19.9 Å². The first-order valence-electron chi connectivity index (χ1n) is 9.38. The first kappa shape index (κ1) is 21.3. The fourth-order valence-corrected chi connectivity index (χ4v) is 3.98. The molecule has 1 aromatic heterocycles. The van der Waals surface area contributed by atoms with Crippen molar-refractivity contribution in [2.45, 2.75) is 25.3 Å². The second-order valence-electron chi connectivity index (χ2n) is 7.02. The molecule has 0 saturated carbocycles. The fraction of sp³-hybridized carbons (Fsp3) is 0.286. The molecule has 2 aromatic carbocycles. The van der Waals surface area contributed by atoms with Crippen LogP contribution in [0.15, 0.2) is 54.6 Å². The molecule has 1 saturated heterocycles. The third kappa shape index (κ3) is 4.15. The number of amides is 1. The molecule has 4 rings (SSSR count). The van der Waals surface area contributed by atoms with Gasteiger partial charge in [0.25, 0.3) is 5.91 Å².